The van der Waals surface area contributed by atoms with Gasteiger partial charge in [0.25, 0.3) is 0 Å². The van der Waals surface area contributed by atoms with Crippen LogP contribution in [0.4, 0.5) is 4.79 Å². The molecule has 3 N–H and O–H groups in total. The number of carbonyl (C=O) groups is 3. The Bertz CT molecular complexity index is 1090. The number of benzene rings is 1. The second-order valence-electron chi connectivity index (χ2n) is 10.7. The Labute approximate surface area is 243 Å². The number of likely N-dealkylation sites (tertiary alicyclic amines) is 1. The van der Waals surface area contributed by atoms with E-state index in [4.69, 9.17) is 14.2 Å². The van der Waals surface area contributed by atoms with Crippen LogP contribution in [0.3, 0.4) is 0 Å². The molecule has 2 amide bonds. The number of ether oxygens (including phenoxy) is 3. The molecule has 0 saturated carbocycles. The molecule has 10 heteroatoms. The van der Waals surface area contributed by atoms with Crippen LogP contribution in [0.25, 0.3) is 0 Å². The van der Waals surface area contributed by atoms with Crippen LogP contribution < -0.4 is 20.7 Å². The normalized spacial score (nSPS) is 16.7. The molecule has 2 aliphatic rings. The van der Waals surface area contributed by atoms with Gasteiger partial charge in [-0.05, 0) is 89.2 Å². The van der Waals surface area contributed by atoms with E-state index >= 15 is 0 Å². The lowest BCUT2D eigenvalue weighted by Crippen LogP contribution is -2.39. The molecule has 0 atom stereocenters. The first-order valence-corrected chi connectivity index (χ1v) is 14.5. The Kier molecular flexibility index (Phi) is 12.5. The maximum Gasteiger partial charge on any atom is 0.336 e. The fourth-order valence-electron chi connectivity index (χ4n) is 5.81. The van der Waals surface area contributed by atoms with Gasteiger partial charge in [0.1, 0.15) is 5.75 Å². The minimum absolute atomic E-state index is 0.180. The third kappa shape index (κ3) is 8.98. The summed E-state index contributed by atoms with van der Waals surface area (Å²) < 4.78 is 15.3. The molecule has 1 aromatic rings. The summed E-state index contributed by atoms with van der Waals surface area (Å²) in [6.07, 6.45) is 5.13. The first-order chi connectivity index (χ1) is 19.8. The summed E-state index contributed by atoms with van der Waals surface area (Å²) in [5, 5.41) is 8.95. The van der Waals surface area contributed by atoms with Crippen molar-refractivity contribution in [3.8, 4) is 5.75 Å². The Morgan fingerprint density at radius 2 is 1.51 bits per heavy atom. The van der Waals surface area contributed by atoms with Gasteiger partial charge in [-0.1, -0.05) is 18.6 Å². The van der Waals surface area contributed by atoms with E-state index in [0.717, 1.165) is 44.6 Å². The summed E-state index contributed by atoms with van der Waals surface area (Å²) >= 11 is 0. The molecule has 226 valence electrons. The van der Waals surface area contributed by atoms with Gasteiger partial charge in [0.15, 0.2) is 0 Å². The molecule has 3 rings (SSSR count). The van der Waals surface area contributed by atoms with Crippen molar-refractivity contribution in [3.05, 3.63) is 52.4 Å². The number of amides is 2. The van der Waals surface area contributed by atoms with Crippen molar-refractivity contribution >= 4 is 18.0 Å². The minimum atomic E-state index is -0.465. The van der Waals surface area contributed by atoms with Crippen LogP contribution in [0.5, 0.6) is 5.75 Å². The highest BCUT2D eigenvalue weighted by molar-refractivity contribution is 5.97. The van der Waals surface area contributed by atoms with Crippen LogP contribution >= 0.6 is 0 Å². The maximum atomic E-state index is 12.5. The third-order valence-corrected chi connectivity index (χ3v) is 7.99. The lowest BCUT2D eigenvalue weighted by Gasteiger charge is -2.32. The highest BCUT2D eigenvalue weighted by Crippen LogP contribution is 2.35. The van der Waals surface area contributed by atoms with E-state index in [-0.39, 0.29) is 6.03 Å². The van der Waals surface area contributed by atoms with E-state index in [1.807, 2.05) is 6.07 Å². The molecule has 1 aromatic carbocycles. The number of rotatable bonds is 13. The number of nitrogens with zero attached hydrogens (tertiary/aromatic N) is 1. The molecule has 0 bridgehead atoms. The highest BCUT2D eigenvalue weighted by Gasteiger charge is 2.35. The van der Waals surface area contributed by atoms with E-state index in [1.54, 1.807) is 21.0 Å². The maximum absolute atomic E-state index is 12.5. The second kappa shape index (κ2) is 16.0. The quantitative estimate of drug-likeness (QED) is 0.242. The van der Waals surface area contributed by atoms with Crippen LogP contribution in [0.2, 0.25) is 0 Å². The monoisotopic (exact) mass is 570 g/mol. The Hall–Kier alpha value is -3.53. The van der Waals surface area contributed by atoms with Gasteiger partial charge in [-0.2, -0.15) is 0 Å². The summed E-state index contributed by atoms with van der Waals surface area (Å²) in [4.78, 5) is 39.7. The Morgan fingerprint density at radius 3 is 2.10 bits per heavy atom. The van der Waals surface area contributed by atoms with Gasteiger partial charge in [-0.25, -0.2) is 14.4 Å². The molecule has 41 heavy (non-hydrogen) atoms. The highest BCUT2D eigenvalue weighted by atomic mass is 16.5. The van der Waals surface area contributed by atoms with Crippen LogP contribution in [0, 0.1) is 5.92 Å². The molecule has 0 radical (unpaired) electrons. The number of esters is 2. The van der Waals surface area contributed by atoms with Crippen molar-refractivity contribution in [1.29, 1.82) is 0 Å². The number of allylic oxidation sites excluding steroid dienone is 2. The Balaban J connectivity index is 1.33. The standard InChI is InChI=1S/C31H46N4O6/c1-21-27(29(36)40-4)26(28(22(2)34-21)30(37)41-5)12-6-7-15-32-31(38)33-16-9-17-35-18-13-23(14-19-35)24-10-8-11-25(20-24)39-3/h8,10-11,20,23,26,34H,6-7,9,12-19H2,1-5H3,(H2,32,33,38). The van der Waals surface area contributed by atoms with E-state index in [0.29, 0.717) is 60.8 Å². The average Bonchev–Trinajstić information content (AvgIpc) is 2.98. The van der Waals surface area contributed by atoms with Gasteiger partial charge in [0, 0.05) is 30.4 Å². The Morgan fingerprint density at radius 1 is 0.902 bits per heavy atom. The summed E-state index contributed by atoms with van der Waals surface area (Å²) in [6, 6.07) is 8.20. The fraction of sp³-hybridized carbons (Fsp3) is 0.581. The predicted octanol–water partition coefficient (Wildman–Crippen LogP) is 3.85. The number of methoxy groups -OCH3 is 3. The zero-order chi connectivity index (χ0) is 29.8. The van der Waals surface area contributed by atoms with Gasteiger partial charge in [0.2, 0.25) is 0 Å². The first-order valence-electron chi connectivity index (χ1n) is 14.5. The summed E-state index contributed by atoms with van der Waals surface area (Å²) in [7, 11) is 4.36. The van der Waals surface area contributed by atoms with Crippen molar-refractivity contribution in [2.45, 2.75) is 58.3 Å². The van der Waals surface area contributed by atoms with E-state index in [9.17, 15) is 14.4 Å². The lowest BCUT2D eigenvalue weighted by molar-refractivity contribution is -0.137. The van der Waals surface area contributed by atoms with Gasteiger partial charge >= 0.3 is 18.0 Å². The van der Waals surface area contributed by atoms with E-state index in [2.05, 4.69) is 39.0 Å². The summed E-state index contributed by atoms with van der Waals surface area (Å²) in [5.74, 6) is 0.126. The molecule has 2 aliphatic heterocycles. The van der Waals surface area contributed by atoms with Gasteiger partial charge in [-0.15, -0.1) is 0 Å². The average molecular weight is 571 g/mol. The molecule has 0 aromatic heterocycles. The molecule has 10 nitrogen and oxygen atoms in total. The lowest BCUT2D eigenvalue weighted by atomic mass is 9.82. The zero-order valence-corrected chi connectivity index (χ0v) is 25.1. The van der Waals surface area contributed by atoms with Crippen molar-refractivity contribution in [2.75, 3.05) is 54.1 Å². The molecule has 1 fully saturated rings. The van der Waals surface area contributed by atoms with Gasteiger partial charge < -0.3 is 35.1 Å². The SMILES string of the molecule is COC(=O)C1=C(C)NC(C)=C(C(=O)OC)C1CCCCNC(=O)NCCCN1CCC(c2cccc(OC)c2)CC1. The number of nitrogens with one attached hydrogen (secondary N) is 3. The fourth-order valence-corrected chi connectivity index (χ4v) is 5.81. The number of urea groups is 1. The zero-order valence-electron chi connectivity index (χ0n) is 25.1. The van der Waals surface area contributed by atoms with Crippen molar-refractivity contribution in [1.82, 2.24) is 20.9 Å². The summed E-state index contributed by atoms with van der Waals surface area (Å²) in [6.45, 7) is 7.80. The largest absolute Gasteiger partial charge is 0.497 e. The molecular weight excluding hydrogens is 524 g/mol. The summed E-state index contributed by atoms with van der Waals surface area (Å²) in [5.41, 5.74) is 3.57. The van der Waals surface area contributed by atoms with Crippen molar-refractivity contribution in [2.24, 2.45) is 5.92 Å². The van der Waals surface area contributed by atoms with Gasteiger partial charge in [0.05, 0.1) is 32.5 Å². The number of dihydropyridines is 1. The molecule has 2 heterocycles. The molecule has 0 spiro atoms. The van der Waals surface area contributed by atoms with Crippen LogP contribution in [-0.2, 0) is 19.1 Å². The van der Waals surface area contributed by atoms with Crippen LogP contribution in [0.1, 0.15) is 63.9 Å². The predicted molar refractivity (Wildman–Crippen MR) is 157 cm³/mol. The molecule has 0 unspecified atom stereocenters. The van der Waals surface area contributed by atoms with Crippen molar-refractivity contribution < 1.29 is 28.6 Å². The third-order valence-electron chi connectivity index (χ3n) is 7.99. The second-order valence-corrected chi connectivity index (χ2v) is 10.7. The number of unbranched alkanes of at least 4 members (excludes halogenated alkanes) is 1. The molecule has 0 aliphatic carbocycles. The van der Waals surface area contributed by atoms with Crippen LogP contribution in [-0.4, -0.2) is 76.9 Å². The van der Waals surface area contributed by atoms with E-state index < -0.39 is 17.9 Å². The number of hydrogen-bond donors (Lipinski definition) is 3. The number of hydrogen-bond acceptors (Lipinski definition) is 8. The number of piperidine rings is 1. The first kappa shape index (κ1) is 32.0. The molecule has 1 saturated heterocycles. The van der Waals surface area contributed by atoms with E-state index in [1.165, 1.54) is 19.8 Å². The molecular formula is C31H46N4O6. The smallest absolute Gasteiger partial charge is 0.336 e. The number of carbonyl (C=O) groups excluding carboxylic acids is 3. The minimum Gasteiger partial charge on any atom is -0.497 e. The van der Waals surface area contributed by atoms with Crippen LogP contribution in [0.15, 0.2) is 46.8 Å². The van der Waals surface area contributed by atoms with Gasteiger partial charge in [-0.3, -0.25) is 0 Å². The topological polar surface area (TPSA) is 118 Å². The van der Waals surface area contributed by atoms with Crippen molar-refractivity contribution in [3.63, 3.8) is 0 Å².